The highest BCUT2D eigenvalue weighted by molar-refractivity contribution is 5.95. The molecule has 4 nitrogen and oxygen atoms in total. The fourth-order valence-corrected chi connectivity index (χ4v) is 2.55. The van der Waals surface area contributed by atoms with Gasteiger partial charge in [-0.3, -0.25) is 4.79 Å². The second-order valence-electron chi connectivity index (χ2n) is 5.33. The summed E-state index contributed by atoms with van der Waals surface area (Å²) in [7, 11) is 0. The van der Waals surface area contributed by atoms with Gasteiger partial charge >= 0.3 is 0 Å². The Bertz CT molecular complexity index is 681. The van der Waals surface area contributed by atoms with Gasteiger partial charge < -0.3 is 9.32 Å². The van der Waals surface area contributed by atoms with Crippen molar-refractivity contribution >= 4 is 5.91 Å². The van der Waals surface area contributed by atoms with E-state index in [4.69, 9.17) is 9.68 Å². The van der Waals surface area contributed by atoms with Crippen molar-refractivity contribution in [3.8, 4) is 6.07 Å². The predicted molar refractivity (Wildman–Crippen MR) is 77.5 cm³/mol. The normalized spacial score (nSPS) is 15.2. The van der Waals surface area contributed by atoms with Gasteiger partial charge in [-0.2, -0.15) is 5.26 Å². The molecule has 106 valence electrons. The number of amides is 1. The van der Waals surface area contributed by atoms with Gasteiger partial charge in [-0.15, -0.1) is 0 Å². The SMILES string of the molecule is C[C@@H](c1ccco1)N(C(=O)c1cccc(C#N)c1)C1CC1. The first kappa shape index (κ1) is 13.4. The highest BCUT2D eigenvalue weighted by Crippen LogP contribution is 2.35. The van der Waals surface area contributed by atoms with Gasteiger partial charge in [0.25, 0.3) is 5.91 Å². The molecule has 1 aromatic heterocycles. The summed E-state index contributed by atoms with van der Waals surface area (Å²) in [5.41, 5.74) is 1.06. The molecule has 0 unspecified atom stereocenters. The van der Waals surface area contributed by atoms with Crippen LogP contribution in [0.3, 0.4) is 0 Å². The highest BCUT2D eigenvalue weighted by Gasteiger charge is 2.37. The third-order valence-electron chi connectivity index (χ3n) is 3.79. The van der Waals surface area contributed by atoms with Gasteiger partial charge in [-0.1, -0.05) is 6.07 Å². The zero-order valence-corrected chi connectivity index (χ0v) is 11.8. The molecule has 1 amide bonds. The van der Waals surface area contributed by atoms with Crippen LogP contribution in [0, 0.1) is 11.3 Å². The minimum Gasteiger partial charge on any atom is -0.467 e. The quantitative estimate of drug-likeness (QED) is 0.861. The second-order valence-corrected chi connectivity index (χ2v) is 5.33. The summed E-state index contributed by atoms with van der Waals surface area (Å²) in [5, 5.41) is 8.97. The number of nitriles is 1. The molecule has 0 spiro atoms. The molecule has 1 fully saturated rings. The first-order valence-electron chi connectivity index (χ1n) is 7.07. The van der Waals surface area contributed by atoms with Crippen molar-refractivity contribution in [3.63, 3.8) is 0 Å². The van der Waals surface area contributed by atoms with Crippen LogP contribution in [0.1, 0.15) is 47.5 Å². The summed E-state index contributed by atoms with van der Waals surface area (Å²) in [4.78, 5) is 14.7. The summed E-state index contributed by atoms with van der Waals surface area (Å²) in [6.07, 6.45) is 3.67. The Morgan fingerprint density at radius 2 is 2.19 bits per heavy atom. The van der Waals surface area contributed by atoms with E-state index < -0.39 is 0 Å². The van der Waals surface area contributed by atoms with Crippen molar-refractivity contribution in [1.82, 2.24) is 4.90 Å². The molecule has 21 heavy (non-hydrogen) atoms. The lowest BCUT2D eigenvalue weighted by atomic mass is 10.1. The maximum absolute atomic E-state index is 12.8. The first-order valence-corrected chi connectivity index (χ1v) is 7.07. The molecule has 1 atom stereocenters. The number of hydrogen-bond acceptors (Lipinski definition) is 3. The largest absolute Gasteiger partial charge is 0.467 e. The van der Waals surface area contributed by atoms with E-state index >= 15 is 0 Å². The summed E-state index contributed by atoms with van der Waals surface area (Å²) in [5.74, 6) is 0.741. The molecule has 4 heteroatoms. The van der Waals surface area contributed by atoms with E-state index in [1.807, 2.05) is 24.0 Å². The van der Waals surface area contributed by atoms with E-state index in [2.05, 4.69) is 6.07 Å². The lowest BCUT2D eigenvalue weighted by Crippen LogP contribution is -2.35. The fraction of sp³-hybridized carbons (Fsp3) is 0.294. The van der Waals surface area contributed by atoms with E-state index in [1.165, 1.54) is 0 Å². The Morgan fingerprint density at radius 3 is 2.81 bits per heavy atom. The van der Waals surface area contributed by atoms with Crippen LogP contribution in [0.15, 0.2) is 47.1 Å². The lowest BCUT2D eigenvalue weighted by molar-refractivity contribution is 0.0652. The van der Waals surface area contributed by atoms with Crippen LogP contribution in [-0.2, 0) is 0 Å². The van der Waals surface area contributed by atoms with E-state index in [9.17, 15) is 4.79 Å². The Kier molecular flexibility index (Phi) is 3.49. The average Bonchev–Trinajstić information content (AvgIpc) is 3.19. The van der Waals surface area contributed by atoms with Crippen molar-refractivity contribution in [1.29, 1.82) is 5.26 Å². The number of furan rings is 1. The molecule has 1 saturated carbocycles. The molecule has 1 heterocycles. The summed E-state index contributed by atoms with van der Waals surface area (Å²) in [6, 6.07) is 12.8. The van der Waals surface area contributed by atoms with E-state index in [-0.39, 0.29) is 18.0 Å². The van der Waals surface area contributed by atoms with Crippen molar-refractivity contribution in [2.75, 3.05) is 0 Å². The molecular weight excluding hydrogens is 264 g/mol. The van der Waals surface area contributed by atoms with Crippen molar-refractivity contribution in [3.05, 3.63) is 59.5 Å². The molecule has 1 aliphatic rings. The molecule has 0 bridgehead atoms. The molecule has 0 radical (unpaired) electrons. The van der Waals surface area contributed by atoms with Crippen LogP contribution in [-0.4, -0.2) is 16.8 Å². The van der Waals surface area contributed by atoms with Gasteiger partial charge in [0.2, 0.25) is 0 Å². The number of carbonyl (C=O) groups is 1. The Labute approximate surface area is 123 Å². The second kappa shape index (κ2) is 5.45. The van der Waals surface area contributed by atoms with Crippen LogP contribution >= 0.6 is 0 Å². The van der Waals surface area contributed by atoms with Gasteiger partial charge in [-0.05, 0) is 50.1 Å². The molecule has 1 aliphatic carbocycles. The van der Waals surface area contributed by atoms with Crippen LogP contribution < -0.4 is 0 Å². The van der Waals surface area contributed by atoms with Crippen molar-refractivity contribution in [2.45, 2.75) is 31.8 Å². The first-order chi connectivity index (χ1) is 10.2. The average molecular weight is 280 g/mol. The Hall–Kier alpha value is -2.54. The Balaban J connectivity index is 1.90. The monoisotopic (exact) mass is 280 g/mol. The topological polar surface area (TPSA) is 57.2 Å². The third-order valence-corrected chi connectivity index (χ3v) is 3.79. The zero-order chi connectivity index (χ0) is 14.8. The van der Waals surface area contributed by atoms with E-state index in [0.717, 1.165) is 18.6 Å². The lowest BCUT2D eigenvalue weighted by Gasteiger charge is -2.28. The van der Waals surface area contributed by atoms with Crippen LogP contribution in [0.2, 0.25) is 0 Å². The number of hydrogen-bond donors (Lipinski definition) is 0. The van der Waals surface area contributed by atoms with Gasteiger partial charge in [-0.25, -0.2) is 0 Å². The molecule has 3 rings (SSSR count). The van der Waals surface area contributed by atoms with Gasteiger partial charge in [0.05, 0.1) is 23.9 Å². The molecule has 1 aromatic carbocycles. The maximum atomic E-state index is 12.8. The summed E-state index contributed by atoms with van der Waals surface area (Å²) < 4.78 is 5.44. The number of rotatable bonds is 4. The predicted octanol–water partition coefficient (Wildman–Crippen LogP) is 3.52. The number of benzene rings is 1. The third kappa shape index (κ3) is 2.68. The minimum atomic E-state index is -0.106. The fourth-order valence-electron chi connectivity index (χ4n) is 2.55. The number of carbonyl (C=O) groups excluding carboxylic acids is 1. The number of nitrogens with zero attached hydrogens (tertiary/aromatic N) is 2. The van der Waals surface area contributed by atoms with E-state index in [1.54, 1.807) is 30.5 Å². The molecular formula is C17H16N2O2. The van der Waals surface area contributed by atoms with Crippen LogP contribution in [0.4, 0.5) is 0 Å². The summed E-state index contributed by atoms with van der Waals surface area (Å²) >= 11 is 0. The maximum Gasteiger partial charge on any atom is 0.254 e. The smallest absolute Gasteiger partial charge is 0.254 e. The van der Waals surface area contributed by atoms with Gasteiger partial charge in [0.1, 0.15) is 5.76 Å². The summed E-state index contributed by atoms with van der Waals surface area (Å²) in [6.45, 7) is 1.98. The van der Waals surface area contributed by atoms with Crippen molar-refractivity contribution in [2.24, 2.45) is 0 Å². The zero-order valence-electron chi connectivity index (χ0n) is 11.8. The Morgan fingerprint density at radius 1 is 1.38 bits per heavy atom. The molecule has 0 aliphatic heterocycles. The van der Waals surface area contributed by atoms with Gasteiger partial charge in [0, 0.05) is 11.6 Å². The van der Waals surface area contributed by atoms with Crippen LogP contribution in [0.5, 0.6) is 0 Å². The van der Waals surface area contributed by atoms with Gasteiger partial charge in [0.15, 0.2) is 0 Å². The van der Waals surface area contributed by atoms with Crippen LogP contribution in [0.25, 0.3) is 0 Å². The molecule has 0 N–H and O–H groups in total. The van der Waals surface area contributed by atoms with E-state index in [0.29, 0.717) is 11.1 Å². The molecule has 0 saturated heterocycles. The standard InChI is InChI=1S/C17H16N2O2/c1-12(16-6-3-9-21-16)19(15-7-8-15)17(20)14-5-2-4-13(10-14)11-18/h2-6,9-10,12,15H,7-8H2,1H3/t12-/m0/s1. The van der Waals surface area contributed by atoms with Crippen molar-refractivity contribution < 1.29 is 9.21 Å². The minimum absolute atomic E-state index is 0.0431. The highest BCUT2D eigenvalue weighted by atomic mass is 16.3. The molecule has 2 aromatic rings.